The van der Waals surface area contributed by atoms with Gasteiger partial charge in [0, 0.05) is 17.1 Å². The molecule has 0 N–H and O–H groups in total. The Labute approximate surface area is 52.0 Å². The fraction of sp³-hybridized carbons (Fsp3) is 0. The fourth-order valence-electron chi connectivity index (χ4n) is 0. The summed E-state index contributed by atoms with van der Waals surface area (Å²) in [4.78, 5) is 0. The second-order valence-corrected chi connectivity index (χ2v) is 0.403. The molecule has 0 rings (SSSR count). The van der Waals surface area contributed by atoms with Gasteiger partial charge < -0.3 is 0 Å². The Morgan fingerprint density at radius 1 is 1.00 bits per heavy atom. The summed E-state index contributed by atoms with van der Waals surface area (Å²) in [5, 5.41) is 0. The first-order chi connectivity index (χ1) is 1.41. The average Bonchev–Trinajstić information content (AvgIpc) is 0.918. The van der Waals surface area contributed by atoms with Crippen LogP contribution in [0.1, 0.15) is 0 Å². The third kappa shape index (κ3) is 141. The van der Waals surface area contributed by atoms with Crippen LogP contribution in [0.25, 0.3) is 0 Å². The van der Waals surface area contributed by atoms with Crippen LogP contribution in [-0.2, 0) is 42.4 Å². The molecular formula is H2CuF2MoO2. The molecule has 0 aromatic carbocycles. The van der Waals surface area contributed by atoms with Gasteiger partial charge in [0.2, 0.25) is 0 Å². The first kappa shape index (κ1) is 30.1. The SMILES string of the molecule is F.F.[Cu].[O]=[Mo]=[O]. The number of rotatable bonds is 0. The van der Waals surface area contributed by atoms with Gasteiger partial charge in [-0.25, -0.2) is 0 Å². The van der Waals surface area contributed by atoms with Gasteiger partial charge in [0.05, 0.1) is 0 Å². The van der Waals surface area contributed by atoms with Gasteiger partial charge >= 0.3 is 25.3 Å². The van der Waals surface area contributed by atoms with Crippen molar-refractivity contribution in [2.45, 2.75) is 0 Å². The van der Waals surface area contributed by atoms with E-state index in [2.05, 4.69) is 0 Å². The van der Waals surface area contributed by atoms with Crippen molar-refractivity contribution in [1.82, 2.24) is 0 Å². The summed E-state index contributed by atoms with van der Waals surface area (Å²) in [6, 6.07) is 0. The molecule has 0 saturated heterocycles. The van der Waals surface area contributed by atoms with Crippen LogP contribution in [0, 0.1) is 0 Å². The van der Waals surface area contributed by atoms with E-state index in [1.54, 1.807) is 0 Å². The molecule has 0 unspecified atom stereocenters. The van der Waals surface area contributed by atoms with Gasteiger partial charge in [0.25, 0.3) is 0 Å². The van der Waals surface area contributed by atoms with Gasteiger partial charge in [0.1, 0.15) is 0 Å². The third-order valence-corrected chi connectivity index (χ3v) is 0. The van der Waals surface area contributed by atoms with E-state index in [1.165, 1.54) is 0 Å². The van der Waals surface area contributed by atoms with Crippen molar-refractivity contribution in [2.24, 2.45) is 0 Å². The van der Waals surface area contributed by atoms with E-state index in [4.69, 9.17) is 6.80 Å². The molecule has 0 atom stereocenters. The van der Waals surface area contributed by atoms with Crippen LogP contribution in [0.3, 0.4) is 0 Å². The molecule has 0 aromatic heterocycles. The zero-order valence-corrected chi connectivity index (χ0v) is 5.29. The Balaban J connectivity index is -0.00000000667. The quantitative estimate of drug-likeness (QED) is 0.553. The molecule has 45 valence electrons. The molecule has 2 nitrogen and oxygen atoms in total. The molecule has 0 bridgehead atoms. The standard InChI is InChI=1S/Cu.2FH.Mo.2O/h;2*1H;;;. The summed E-state index contributed by atoms with van der Waals surface area (Å²) in [5.41, 5.74) is 0. The second kappa shape index (κ2) is 44.4. The fourth-order valence-corrected chi connectivity index (χ4v) is 0. The molecule has 0 aliphatic rings. The van der Waals surface area contributed by atoms with Crippen molar-refractivity contribution >= 4 is 0 Å². The molecular weight excluding hydrogens is 229 g/mol. The Morgan fingerprint density at radius 3 is 1.00 bits per heavy atom. The zero-order chi connectivity index (χ0) is 2.71. The van der Waals surface area contributed by atoms with Gasteiger partial charge in [-0.3, -0.25) is 9.41 Å². The van der Waals surface area contributed by atoms with E-state index in [0.717, 1.165) is 0 Å². The van der Waals surface area contributed by atoms with Gasteiger partial charge in [-0.2, -0.15) is 0 Å². The number of hydrogen-bond acceptors (Lipinski definition) is 2. The molecule has 0 saturated carbocycles. The monoisotopic (exact) mass is 233 g/mol. The summed E-state index contributed by atoms with van der Waals surface area (Å²) in [6.07, 6.45) is 0. The Morgan fingerprint density at radius 2 is 1.00 bits per heavy atom. The average molecular weight is 231 g/mol. The van der Waals surface area contributed by atoms with Crippen LogP contribution in [0.5, 0.6) is 0 Å². The van der Waals surface area contributed by atoms with E-state index >= 15 is 0 Å². The van der Waals surface area contributed by atoms with Crippen molar-refractivity contribution in [3.63, 3.8) is 0 Å². The minimum absolute atomic E-state index is 0. The summed E-state index contributed by atoms with van der Waals surface area (Å²) >= 11 is -2.03. The molecule has 6 heavy (non-hydrogen) atoms. The molecule has 0 fully saturated rings. The van der Waals surface area contributed by atoms with E-state index in [1.807, 2.05) is 0 Å². The summed E-state index contributed by atoms with van der Waals surface area (Å²) in [6.45, 7) is 0. The van der Waals surface area contributed by atoms with Gasteiger partial charge in [0.15, 0.2) is 0 Å². The Kier molecular flexibility index (Phi) is 223. The second-order valence-electron chi connectivity index (χ2n) is 0.0680. The molecule has 0 aromatic rings. The third-order valence-electron chi connectivity index (χ3n) is 0. The van der Waals surface area contributed by atoms with E-state index in [9.17, 15) is 0 Å². The first-order valence-electron chi connectivity index (χ1n) is 0.333. The predicted octanol–water partition coefficient (Wildman–Crippen LogP) is 0.0624. The van der Waals surface area contributed by atoms with Gasteiger partial charge in [-0.05, 0) is 0 Å². The van der Waals surface area contributed by atoms with E-state index in [-0.39, 0.29) is 26.5 Å². The van der Waals surface area contributed by atoms with Crippen LogP contribution < -0.4 is 0 Å². The van der Waals surface area contributed by atoms with Crippen molar-refractivity contribution in [1.29, 1.82) is 0 Å². The van der Waals surface area contributed by atoms with E-state index < -0.39 is 18.5 Å². The van der Waals surface area contributed by atoms with Crippen LogP contribution in [0.2, 0.25) is 0 Å². The topological polar surface area (TPSA) is 34.1 Å². The first-order valence-corrected chi connectivity index (χ1v) is 1.97. The molecule has 0 spiro atoms. The van der Waals surface area contributed by atoms with E-state index in [0.29, 0.717) is 0 Å². The van der Waals surface area contributed by atoms with Crippen molar-refractivity contribution in [3.8, 4) is 0 Å². The summed E-state index contributed by atoms with van der Waals surface area (Å²) in [7, 11) is 0. The molecule has 0 aliphatic heterocycles. The predicted molar refractivity (Wildman–Crippen MR) is 6.38 cm³/mol. The molecule has 0 amide bonds. The Hall–Kier alpha value is 0.668. The maximum absolute atomic E-state index is 8.50. The van der Waals surface area contributed by atoms with Crippen LogP contribution in [0.15, 0.2) is 0 Å². The minimum atomic E-state index is -2.03. The van der Waals surface area contributed by atoms with Gasteiger partial charge in [-0.15, -0.1) is 0 Å². The van der Waals surface area contributed by atoms with Gasteiger partial charge in [-0.1, -0.05) is 0 Å². The van der Waals surface area contributed by atoms with Crippen LogP contribution in [-0.4, -0.2) is 0 Å². The maximum atomic E-state index is 8.50. The number of halogens is 2. The van der Waals surface area contributed by atoms with Crippen LogP contribution in [0.4, 0.5) is 9.41 Å². The molecule has 6 heteroatoms. The molecule has 1 radical (unpaired) electrons. The zero-order valence-electron chi connectivity index (χ0n) is 2.34. The number of hydrogen-bond donors (Lipinski definition) is 0. The molecule has 0 aliphatic carbocycles. The van der Waals surface area contributed by atoms with Crippen LogP contribution >= 0.6 is 0 Å². The van der Waals surface area contributed by atoms with Crippen molar-refractivity contribution < 1.29 is 51.8 Å². The summed E-state index contributed by atoms with van der Waals surface area (Å²) in [5.74, 6) is 0. The van der Waals surface area contributed by atoms with Crippen molar-refractivity contribution in [2.75, 3.05) is 0 Å². The Bertz CT molecular complexity index is 32.5. The normalized spacial score (nSPS) is 2.00. The molecule has 0 heterocycles. The van der Waals surface area contributed by atoms with Crippen molar-refractivity contribution in [3.05, 3.63) is 0 Å². The summed E-state index contributed by atoms with van der Waals surface area (Å²) < 4.78 is 17.0.